The molecule has 0 fully saturated rings. The van der Waals surface area contributed by atoms with Crippen molar-refractivity contribution < 1.29 is 0 Å². The number of hydrogen-bond acceptors (Lipinski definition) is 2. The maximum atomic E-state index is 6.04. The molecule has 0 aliphatic rings. The Morgan fingerprint density at radius 2 is 1.87 bits per heavy atom. The topological polar surface area (TPSA) is 41.6 Å². The van der Waals surface area contributed by atoms with Gasteiger partial charge in [-0.05, 0) is 24.1 Å². The molecule has 0 saturated carbocycles. The van der Waals surface area contributed by atoms with Crippen molar-refractivity contribution in [1.82, 2.24) is 15.2 Å². The number of aryl methyl sites for hydroxylation is 1. The van der Waals surface area contributed by atoms with Gasteiger partial charge in [-0.15, -0.1) is 0 Å². The molecule has 2 rings (SSSR count). The highest BCUT2D eigenvalue weighted by Gasteiger charge is 2.06. The average Bonchev–Trinajstić information content (AvgIpc) is 2.70. The highest BCUT2D eigenvalue weighted by atomic mass is 35.5. The fourth-order valence-electron chi connectivity index (χ4n) is 1.37. The van der Waals surface area contributed by atoms with Crippen LogP contribution in [-0.4, -0.2) is 15.2 Å². The third-order valence-electron chi connectivity index (χ3n) is 2.14. The van der Waals surface area contributed by atoms with Crippen LogP contribution in [0.5, 0.6) is 0 Å². The van der Waals surface area contributed by atoms with E-state index in [2.05, 4.69) is 15.2 Å². The smallest absolute Gasteiger partial charge is 0.137 e. The lowest BCUT2D eigenvalue weighted by Gasteiger charge is -2.04. The van der Waals surface area contributed by atoms with E-state index in [0.29, 0.717) is 10.0 Å². The summed E-state index contributed by atoms with van der Waals surface area (Å²) in [6, 6.07) is 5.51. The van der Waals surface area contributed by atoms with Gasteiger partial charge in [-0.25, -0.2) is 4.98 Å². The highest BCUT2D eigenvalue weighted by molar-refractivity contribution is 6.35. The molecule has 1 heterocycles. The summed E-state index contributed by atoms with van der Waals surface area (Å²) in [7, 11) is 0. The van der Waals surface area contributed by atoms with Gasteiger partial charge in [0.15, 0.2) is 0 Å². The zero-order chi connectivity index (χ0) is 10.7. The van der Waals surface area contributed by atoms with Gasteiger partial charge in [-0.1, -0.05) is 29.3 Å². The first-order valence-electron chi connectivity index (χ1n) is 4.54. The largest absolute Gasteiger partial charge is 0.263 e. The lowest BCUT2D eigenvalue weighted by molar-refractivity contribution is 0.865. The Balaban J connectivity index is 2.11. The molecule has 3 nitrogen and oxygen atoms in total. The Morgan fingerprint density at radius 3 is 2.47 bits per heavy atom. The van der Waals surface area contributed by atoms with E-state index in [1.165, 1.54) is 6.33 Å². The second-order valence-corrected chi connectivity index (χ2v) is 3.95. The quantitative estimate of drug-likeness (QED) is 0.898. The lowest BCUT2D eigenvalue weighted by atomic mass is 10.1. The fraction of sp³-hybridized carbons (Fsp3) is 0.200. The summed E-state index contributed by atoms with van der Waals surface area (Å²) in [5, 5.41) is 7.97. The molecule has 15 heavy (non-hydrogen) atoms. The first kappa shape index (κ1) is 10.5. The summed E-state index contributed by atoms with van der Waals surface area (Å²) < 4.78 is 0. The molecule has 78 valence electrons. The van der Waals surface area contributed by atoms with Gasteiger partial charge in [-0.2, -0.15) is 5.10 Å². The minimum Gasteiger partial charge on any atom is -0.263 e. The van der Waals surface area contributed by atoms with Crippen molar-refractivity contribution in [3.05, 3.63) is 46.0 Å². The number of H-pyrrole nitrogens is 1. The molecule has 2 aromatic rings. The zero-order valence-electron chi connectivity index (χ0n) is 7.87. The van der Waals surface area contributed by atoms with Crippen molar-refractivity contribution in [1.29, 1.82) is 0 Å². The van der Waals surface area contributed by atoms with Crippen LogP contribution >= 0.6 is 23.2 Å². The molecule has 0 radical (unpaired) electrons. The van der Waals surface area contributed by atoms with E-state index in [4.69, 9.17) is 23.2 Å². The Morgan fingerprint density at radius 1 is 1.13 bits per heavy atom. The van der Waals surface area contributed by atoms with Gasteiger partial charge in [-0.3, -0.25) is 5.10 Å². The monoisotopic (exact) mass is 241 g/mol. The van der Waals surface area contributed by atoms with Gasteiger partial charge >= 0.3 is 0 Å². The molecule has 0 saturated heterocycles. The van der Waals surface area contributed by atoms with E-state index >= 15 is 0 Å². The standard InChI is InChI=1S/C10H9Cl2N3/c11-8-2-1-3-9(12)7(8)4-5-10-13-6-14-15-10/h1-3,6H,4-5H2,(H,13,14,15). The minimum absolute atomic E-state index is 0.696. The molecular formula is C10H9Cl2N3. The van der Waals surface area contributed by atoms with Gasteiger partial charge < -0.3 is 0 Å². The number of benzene rings is 1. The average molecular weight is 242 g/mol. The molecule has 0 atom stereocenters. The summed E-state index contributed by atoms with van der Waals surface area (Å²) in [6.07, 6.45) is 3.00. The molecule has 0 amide bonds. The van der Waals surface area contributed by atoms with Gasteiger partial charge in [0.1, 0.15) is 12.2 Å². The van der Waals surface area contributed by atoms with E-state index in [1.54, 1.807) is 0 Å². The van der Waals surface area contributed by atoms with Crippen LogP contribution in [0.3, 0.4) is 0 Å². The molecule has 0 bridgehead atoms. The van der Waals surface area contributed by atoms with E-state index < -0.39 is 0 Å². The first-order valence-corrected chi connectivity index (χ1v) is 5.30. The third kappa shape index (κ3) is 2.49. The number of nitrogens with one attached hydrogen (secondary N) is 1. The highest BCUT2D eigenvalue weighted by Crippen LogP contribution is 2.25. The van der Waals surface area contributed by atoms with Gasteiger partial charge in [0.25, 0.3) is 0 Å². The number of hydrogen-bond donors (Lipinski definition) is 1. The van der Waals surface area contributed by atoms with Crippen molar-refractivity contribution in [2.45, 2.75) is 12.8 Å². The number of halogens is 2. The molecule has 1 aromatic carbocycles. The Bertz CT molecular complexity index is 420. The number of rotatable bonds is 3. The summed E-state index contributed by atoms with van der Waals surface area (Å²) >= 11 is 12.1. The van der Waals surface area contributed by atoms with Crippen molar-refractivity contribution in [3.8, 4) is 0 Å². The van der Waals surface area contributed by atoms with Crippen LogP contribution in [0.1, 0.15) is 11.4 Å². The molecule has 5 heteroatoms. The predicted molar refractivity (Wildman–Crippen MR) is 60.3 cm³/mol. The fourth-order valence-corrected chi connectivity index (χ4v) is 1.95. The summed E-state index contributed by atoms with van der Waals surface area (Å²) in [4.78, 5) is 4.04. The zero-order valence-corrected chi connectivity index (χ0v) is 9.39. The van der Waals surface area contributed by atoms with Crippen LogP contribution in [0.15, 0.2) is 24.5 Å². The van der Waals surface area contributed by atoms with Crippen molar-refractivity contribution in [3.63, 3.8) is 0 Å². The van der Waals surface area contributed by atoms with Crippen molar-refractivity contribution >= 4 is 23.2 Å². The molecule has 0 aliphatic carbocycles. The first-order chi connectivity index (χ1) is 7.27. The summed E-state index contributed by atoms with van der Waals surface area (Å²) in [6.45, 7) is 0. The Labute approximate surface area is 97.4 Å². The van der Waals surface area contributed by atoms with Crippen LogP contribution in [0.4, 0.5) is 0 Å². The lowest BCUT2D eigenvalue weighted by Crippen LogP contribution is -1.95. The van der Waals surface area contributed by atoms with Crippen molar-refractivity contribution in [2.75, 3.05) is 0 Å². The maximum Gasteiger partial charge on any atom is 0.137 e. The normalized spacial score (nSPS) is 10.5. The van der Waals surface area contributed by atoms with E-state index in [-0.39, 0.29) is 0 Å². The minimum atomic E-state index is 0.696. The Hall–Kier alpha value is -1.06. The molecule has 1 N–H and O–H groups in total. The van der Waals surface area contributed by atoms with Gasteiger partial charge in [0.2, 0.25) is 0 Å². The van der Waals surface area contributed by atoms with E-state index in [1.807, 2.05) is 18.2 Å². The molecular weight excluding hydrogens is 233 g/mol. The SMILES string of the molecule is Clc1cccc(Cl)c1CCc1ncn[nH]1. The number of aromatic amines is 1. The van der Waals surface area contributed by atoms with E-state index in [9.17, 15) is 0 Å². The van der Waals surface area contributed by atoms with Crippen LogP contribution in [0, 0.1) is 0 Å². The van der Waals surface area contributed by atoms with Crippen LogP contribution in [0.25, 0.3) is 0 Å². The van der Waals surface area contributed by atoms with Crippen LogP contribution in [0.2, 0.25) is 10.0 Å². The third-order valence-corrected chi connectivity index (χ3v) is 2.85. The molecule has 1 aromatic heterocycles. The second kappa shape index (κ2) is 4.64. The van der Waals surface area contributed by atoms with Crippen molar-refractivity contribution in [2.24, 2.45) is 0 Å². The summed E-state index contributed by atoms with van der Waals surface area (Å²) in [5.74, 6) is 0.839. The van der Waals surface area contributed by atoms with Crippen LogP contribution in [-0.2, 0) is 12.8 Å². The predicted octanol–water partition coefficient (Wildman–Crippen LogP) is 2.90. The van der Waals surface area contributed by atoms with Gasteiger partial charge in [0.05, 0.1) is 0 Å². The number of nitrogens with zero attached hydrogens (tertiary/aromatic N) is 2. The van der Waals surface area contributed by atoms with E-state index in [0.717, 1.165) is 24.2 Å². The van der Waals surface area contributed by atoms with Gasteiger partial charge in [0, 0.05) is 16.5 Å². The number of aromatic nitrogens is 3. The Kier molecular flexibility index (Phi) is 3.23. The second-order valence-electron chi connectivity index (χ2n) is 3.13. The maximum absolute atomic E-state index is 6.04. The molecule has 0 spiro atoms. The summed E-state index contributed by atoms with van der Waals surface area (Å²) in [5.41, 5.74) is 0.956. The molecule has 0 unspecified atom stereocenters. The molecule has 0 aliphatic heterocycles. The van der Waals surface area contributed by atoms with Crippen LogP contribution < -0.4 is 0 Å².